The van der Waals surface area contributed by atoms with Crippen molar-refractivity contribution in [3.63, 3.8) is 0 Å². The van der Waals surface area contributed by atoms with E-state index in [-0.39, 0.29) is 12.7 Å². The first-order valence-electron chi connectivity index (χ1n) is 9.28. The molecule has 1 aliphatic rings. The van der Waals surface area contributed by atoms with Crippen molar-refractivity contribution in [1.82, 2.24) is 4.90 Å². The largest absolute Gasteiger partial charge is 0.467 e. The van der Waals surface area contributed by atoms with Crippen molar-refractivity contribution in [2.45, 2.75) is 39.3 Å². The molecular weight excluding hydrogens is 385 g/mol. The highest BCUT2D eigenvalue weighted by Gasteiger charge is 2.36. The van der Waals surface area contributed by atoms with E-state index in [1.807, 2.05) is 18.2 Å². The summed E-state index contributed by atoms with van der Waals surface area (Å²) in [6.45, 7) is 4.45. The molecule has 1 aromatic rings. The van der Waals surface area contributed by atoms with Crippen molar-refractivity contribution >= 4 is 19.7 Å². The van der Waals surface area contributed by atoms with Crippen LogP contribution in [0.25, 0.3) is 0 Å². The van der Waals surface area contributed by atoms with E-state index in [0.717, 1.165) is 16.7 Å². The maximum Gasteiger partial charge on any atom is 0.410 e. The number of carbonyl (C=O) groups is 2. The Kier molecular flexibility index (Phi) is 8.04. The fourth-order valence-corrected chi connectivity index (χ4v) is 4.93. The molecule has 0 fully saturated rings. The average molecular weight is 413 g/mol. The van der Waals surface area contributed by atoms with E-state index in [2.05, 4.69) is 0 Å². The molecule has 156 valence electrons. The van der Waals surface area contributed by atoms with Crippen LogP contribution in [0.2, 0.25) is 0 Å². The van der Waals surface area contributed by atoms with Gasteiger partial charge in [-0.15, -0.1) is 0 Å². The Labute approximate surface area is 165 Å². The van der Waals surface area contributed by atoms with Crippen LogP contribution in [0.1, 0.15) is 30.5 Å². The normalized spacial score (nSPS) is 16.4. The van der Waals surface area contributed by atoms with Gasteiger partial charge in [-0.05, 0) is 37.0 Å². The molecule has 1 amide bonds. The number of nitrogens with zero attached hydrogens (tertiary/aromatic N) is 1. The molecule has 0 bridgehead atoms. The third-order valence-corrected chi connectivity index (χ3v) is 6.68. The van der Waals surface area contributed by atoms with Crippen LogP contribution in [0.5, 0.6) is 0 Å². The van der Waals surface area contributed by atoms with Crippen molar-refractivity contribution in [2.24, 2.45) is 0 Å². The topological polar surface area (TPSA) is 91.4 Å². The first kappa shape index (κ1) is 22.4. The number of hydrogen-bond donors (Lipinski definition) is 0. The van der Waals surface area contributed by atoms with Crippen molar-refractivity contribution in [1.29, 1.82) is 0 Å². The highest BCUT2D eigenvalue weighted by Crippen LogP contribution is 2.48. The van der Waals surface area contributed by atoms with Crippen LogP contribution in [0.4, 0.5) is 4.79 Å². The maximum absolute atomic E-state index is 12.6. The van der Waals surface area contributed by atoms with Gasteiger partial charge in [-0.3, -0.25) is 9.46 Å². The Hall–Kier alpha value is -1.89. The monoisotopic (exact) mass is 413 g/mol. The van der Waals surface area contributed by atoms with Crippen molar-refractivity contribution in [3.8, 4) is 0 Å². The number of hydrogen-bond acceptors (Lipinski definition) is 7. The Bertz CT molecular complexity index is 742. The Morgan fingerprint density at radius 1 is 1.11 bits per heavy atom. The van der Waals surface area contributed by atoms with E-state index < -0.39 is 25.7 Å². The molecule has 1 atom stereocenters. The second-order valence-corrected chi connectivity index (χ2v) is 8.55. The molecular formula is C19H28NO7P. The van der Waals surface area contributed by atoms with Gasteiger partial charge in [0, 0.05) is 6.42 Å². The number of carbonyl (C=O) groups excluding carboxylic acids is 2. The number of amides is 1. The summed E-state index contributed by atoms with van der Waals surface area (Å²) in [6.07, 6.45) is 0.569. The lowest BCUT2D eigenvalue weighted by Gasteiger charge is -2.34. The Morgan fingerprint density at radius 3 is 2.36 bits per heavy atom. The Morgan fingerprint density at radius 2 is 1.79 bits per heavy atom. The fraction of sp³-hybridized carbons (Fsp3) is 0.579. The summed E-state index contributed by atoms with van der Waals surface area (Å²) < 4.78 is 32.9. The molecule has 8 nitrogen and oxygen atoms in total. The number of methoxy groups -OCH3 is 2. The molecule has 0 spiro atoms. The molecule has 2 rings (SSSR count). The van der Waals surface area contributed by atoms with Crippen molar-refractivity contribution in [2.75, 3.05) is 33.6 Å². The highest BCUT2D eigenvalue weighted by molar-refractivity contribution is 7.53. The minimum absolute atomic E-state index is 0.240. The number of benzene rings is 1. The molecule has 1 aromatic carbocycles. The minimum atomic E-state index is -3.12. The number of rotatable bonds is 8. The summed E-state index contributed by atoms with van der Waals surface area (Å²) in [7, 11) is -0.542. The van der Waals surface area contributed by atoms with Gasteiger partial charge in [0.05, 0.1) is 40.1 Å². The molecule has 0 N–H and O–H groups in total. The van der Waals surface area contributed by atoms with E-state index in [1.165, 1.54) is 19.1 Å². The second-order valence-electron chi connectivity index (χ2n) is 6.36. The fourth-order valence-electron chi connectivity index (χ4n) is 3.27. The molecule has 1 heterocycles. The minimum Gasteiger partial charge on any atom is -0.467 e. The van der Waals surface area contributed by atoms with Crippen LogP contribution in [-0.2, 0) is 47.3 Å². The van der Waals surface area contributed by atoms with Gasteiger partial charge >= 0.3 is 19.7 Å². The SMILES string of the molecule is CCOP(=O)(CCc1ccc2c(c1)CN(C(=O)OC)C(C(=O)OC)C2)OCC. The number of esters is 1. The molecule has 28 heavy (non-hydrogen) atoms. The standard InChI is InChI=1S/C19H28NO7P/c1-5-26-28(23,27-6-2)10-9-14-7-8-15-12-17(18(21)24-3)20(19(22)25-4)13-16(15)11-14/h7-8,11,17H,5-6,9-10,12-13H2,1-4H3. The predicted octanol–water partition coefficient (Wildman–Crippen LogP) is 3.16. The van der Waals surface area contributed by atoms with E-state index in [9.17, 15) is 14.2 Å². The van der Waals surface area contributed by atoms with E-state index in [0.29, 0.717) is 26.1 Å². The van der Waals surface area contributed by atoms with Crippen LogP contribution < -0.4 is 0 Å². The molecule has 1 unspecified atom stereocenters. The zero-order valence-electron chi connectivity index (χ0n) is 16.8. The number of aryl methyl sites for hydroxylation is 1. The van der Waals surface area contributed by atoms with Crippen molar-refractivity contribution in [3.05, 3.63) is 34.9 Å². The van der Waals surface area contributed by atoms with Gasteiger partial charge in [-0.1, -0.05) is 18.2 Å². The Balaban J connectivity index is 2.19. The zero-order chi connectivity index (χ0) is 20.7. The second kappa shape index (κ2) is 10.0. The molecule has 0 aliphatic carbocycles. The molecule has 9 heteroatoms. The highest BCUT2D eigenvalue weighted by atomic mass is 31.2. The quantitative estimate of drug-likeness (QED) is 0.477. The molecule has 0 aromatic heterocycles. The lowest BCUT2D eigenvalue weighted by molar-refractivity contribution is -0.146. The lowest BCUT2D eigenvalue weighted by Crippen LogP contribution is -2.49. The summed E-state index contributed by atoms with van der Waals surface area (Å²) in [5, 5.41) is 0. The lowest BCUT2D eigenvalue weighted by atomic mass is 9.92. The maximum atomic E-state index is 12.6. The van der Waals surface area contributed by atoms with Crippen LogP contribution in [0.15, 0.2) is 18.2 Å². The van der Waals surface area contributed by atoms with Crippen LogP contribution >= 0.6 is 7.60 Å². The predicted molar refractivity (Wildman–Crippen MR) is 103 cm³/mol. The van der Waals surface area contributed by atoms with Gasteiger partial charge in [0.1, 0.15) is 6.04 Å². The van der Waals surface area contributed by atoms with E-state index in [4.69, 9.17) is 18.5 Å². The molecule has 0 saturated heterocycles. The summed E-state index contributed by atoms with van der Waals surface area (Å²) in [5.74, 6) is -0.477. The third-order valence-electron chi connectivity index (χ3n) is 4.61. The van der Waals surface area contributed by atoms with Gasteiger partial charge in [0.2, 0.25) is 0 Å². The summed E-state index contributed by atoms with van der Waals surface area (Å²) in [5.41, 5.74) is 2.85. The van der Waals surface area contributed by atoms with Gasteiger partial charge in [-0.2, -0.15) is 0 Å². The summed E-state index contributed by atoms with van der Waals surface area (Å²) >= 11 is 0. The third kappa shape index (κ3) is 5.34. The van der Waals surface area contributed by atoms with Gasteiger partial charge in [0.25, 0.3) is 0 Å². The van der Waals surface area contributed by atoms with Gasteiger partial charge < -0.3 is 18.5 Å². The van der Waals surface area contributed by atoms with E-state index >= 15 is 0 Å². The summed E-state index contributed by atoms with van der Waals surface area (Å²) in [4.78, 5) is 25.6. The molecule has 1 aliphatic heterocycles. The first-order chi connectivity index (χ1) is 13.4. The zero-order valence-corrected chi connectivity index (χ0v) is 17.7. The first-order valence-corrected chi connectivity index (χ1v) is 11.0. The smallest absolute Gasteiger partial charge is 0.410 e. The number of ether oxygens (including phenoxy) is 2. The number of fused-ring (bicyclic) bond motifs is 1. The van der Waals surface area contributed by atoms with Crippen molar-refractivity contribution < 1.29 is 32.7 Å². The molecule has 0 radical (unpaired) electrons. The summed E-state index contributed by atoms with van der Waals surface area (Å²) in [6, 6.07) is 5.11. The van der Waals surface area contributed by atoms with E-state index in [1.54, 1.807) is 13.8 Å². The van der Waals surface area contributed by atoms with Gasteiger partial charge in [0.15, 0.2) is 0 Å². The van der Waals surface area contributed by atoms with Crippen LogP contribution in [0, 0.1) is 0 Å². The molecule has 0 saturated carbocycles. The average Bonchev–Trinajstić information content (AvgIpc) is 2.70. The van der Waals surface area contributed by atoms with Gasteiger partial charge in [-0.25, -0.2) is 9.59 Å². The van der Waals surface area contributed by atoms with Crippen LogP contribution in [0.3, 0.4) is 0 Å². The van der Waals surface area contributed by atoms with Crippen LogP contribution in [-0.4, -0.2) is 56.6 Å².